The molecule has 0 atom stereocenters. The molecule has 2 aromatic heterocycles. The summed E-state index contributed by atoms with van der Waals surface area (Å²) in [6.45, 7) is 1.82. The fourth-order valence-electron chi connectivity index (χ4n) is 2.00. The van der Waals surface area contributed by atoms with E-state index < -0.39 is 5.95 Å². The number of imidazole rings is 1. The highest BCUT2D eigenvalue weighted by atomic mass is 35.5. The molecule has 3 aromatic rings. The van der Waals surface area contributed by atoms with E-state index in [1.54, 1.807) is 35.0 Å². The molecule has 0 aliphatic rings. The molecule has 22 heavy (non-hydrogen) atoms. The van der Waals surface area contributed by atoms with Gasteiger partial charge in [0.05, 0.1) is 0 Å². The summed E-state index contributed by atoms with van der Waals surface area (Å²) in [5.41, 5.74) is 1.40. The van der Waals surface area contributed by atoms with Gasteiger partial charge in [-0.3, -0.25) is 4.57 Å². The van der Waals surface area contributed by atoms with Crippen LogP contribution in [-0.4, -0.2) is 14.5 Å². The van der Waals surface area contributed by atoms with Gasteiger partial charge in [-0.25, -0.2) is 9.97 Å². The monoisotopic (exact) mass is 311 g/mol. The van der Waals surface area contributed by atoms with Gasteiger partial charge in [0.25, 0.3) is 0 Å². The minimum Gasteiger partial charge on any atom is -0.287 e. The van der Waals surface area contributed by atoms with Crippen LogP contribution in [0.5, 0.6) is 0 Å². The third-order valence-corrected chi connectivity index (χ3v) is 3.22. The number of rotatable bonds is 1. The maximum absolute atomic E-state index is 13.2. The Kier molecular flexibility index (Phi) is 3.90. The summed E-state index contributed by atoms with van der Waals surface area (Å²) < 4.78 is 14.9. The molecule has 0 radical (unpaired) electrons. The molecule has 3 rings (SSSR count). The number of halogens is 2. The van der Waals surface area contributed by atoms with E-state index in [1.807, 2.05) is 19.1 Å². The molecule has 0 spiro atoms. The normalized spacial score (nSPS) is 10.1. The quantitative estimate of drug-likeness (QED) is 0.506. The van der Waals surface area contributed by atoms with Crippen LogP contribution in [0.3, 0.4) is 0 Å². The maximum Gasteiger partial charge on any atom is 0.214 e. The van der Waals surface area contributed by atoms with E-state index in [1.165, 1.54) is 6.07 Å². The SMILES string of the molecule is Cc1nc(C#Cc2cccc(Cl)c2)cn1-c1cccc(F)n1. The van der Waals surface area contributed by atoms with Crippen molar-refractivity contribution in [3.05, 3.63) is 76.7 Å². The highest BCUT2D eigenvalue weighted by Gasteiger charge is 2.06. The Hall–Kier alpha value is -2.64. The van der Waals surface area contributed by atoms with Crippen molar-refractivity contribution in [2.24, 2.45) is 0 Å². The molecular weight excluding hydrogens is 301 g/mol. The number of aryl methyl sites for hydroxylation is 1. The second kappa shape index (κ2) is 6.00. The fraction of sp³-hybridized carbons (Fsp3) is 0.0588. The molecular formula is C17H11ClFN3. The Morgan fingerprint density at radius 2 is 1.91 bits per heavy atom. The van der Waals surface area contributed by atoms with E-state index in [2.05, 4.69) is 21.8 Å². The molecule has 2 heterocycles. The standard InChI is InChI=1S/C17H11ClFN3/c1-12-20-15(9-8-13-4-2-5-14(18)10-13)11-22(12)17-7-3-6-16(19)21-17/h2-7,10-11H,1H3. The summed E-state index contributed by atoms with van der Waals surface area (Å²) in [5, 5.41) is 0.637. The summed E-state index contributed by atoms with van der Waals surface area (Å²) in [7, 11) is 0. The Morgan fingerprint density at radius 1 is 1.09 bits per heavy atom. The van der Waals surface area contributed by atoms with E-state index in [4.69, 9.17) is 11.6 Å². The highest BCUT2D eigenvalue weighted by molar-refractivity contribution is 6.30. The average molecular weight is 312 g/mol. The summed E-state index contributed by atoms with van der Waals surface area (Å²) >= 11 is 5.92. The van der Waals surface area contributed by atoms with Crippen molar-refractivity contribution in [1.29, 1.82) is 0 Å². The van der Waals surface area contributed by atoms with Gasteiger partial charge in [-0.15, -0.1) is 0 Å². The molecule has 5 heteroatoms. The van der Waals surface area contributed by atoms with Crippen LogP contribution >= 0.6 is 11.6 Å². The number of aromatic nitrogens is 3. The third kappa shape index (κ3) is 3.16. The van der Waals surface area contributed by atoms with Crippen molar-refractivity contribution in [1.82, 2.24) is 14.5 Å². The number of hydrogen-bond donors (Lipinski definition) is 0. The Morgan fingerprint density at radius 3 is 2.68 bits per heavy atom. The molecule has 0 fully saturated rings. The van der Waals surface area contributed by atoms with Gasteiger partial charge in [0.2, 0.25) is 5.95 Å². The van der Waals surface area contributed by atoms with Crippen LogP contribution in [0.4, 0.5) is 4.39 Å². The molecule has 1 aromatic carbocycles. The van der Waals surface area contributed by atoms with Crippen LogP contribution in [0.1, 0.15) is 17.1 Å². The minimum atomic E-state index is -0.530. The van der Waals surface area contributed by atoms with Crippen molar-refractivity contribution in [3.8, 4) is 17.7 Å². The van der Waals surface area contributed by atoms with Gasteiger partial charge in [0.1, 0.15) is 17.3 Å². The van der Waals surface area contributed by atoms with Crippen LogP contribution in [0.2, 0.25) is 5.02 Å². The number of benzene rings is 1. The zero-order valence-corrected chi connectivity index (χ0v) is 12.5. The van der Waals surface area contributed by atoms with Crippen molar-refractivity contribution in [3.63, 3.8) is 0 Å². The first kappa shape index (κ1) is 14.3. The lowest BCUT2D eigenvalue weighted by atomic mass is 10.2. The molecule has 0 saturated heterocycles. The third-order valence-electron chi connectivity index (χ3n) is 2.99. The van der Waals surface area contributed by atoms with Crippen LogP contribution in [-0.2, 0) is 0 Å². The molecule has 0 unspecified atom stereocenters. The maximum atomic E-state index is 13.2. The van der Waals surface area contributed by atoms with Crippen LogP contribution in [0.15, 0.2) is 48.7 Å². The molecule has 0 aliphatic carbocycles. The Labute approximate surface area is 132 Å². The van der Waals surface area contributed by atoms with E-state index >= 15 is 0 Å². The van der Waals surface area contributed by atoms with E-state index in [0.717, 1.165) is 5.56 Å². The van der Waals surface area contributed by atoms with Gasteiger partial charge < -0.3 is 0 Å². The molecule has 108 valence electrons. The van der Waals surface area contributed by atoms with Gasteiger partial charge in [-0.1, -0.05) is 29.7 Å². The average Bonchev–Trinajstić information content (AvgIpc) is 2.86. The van der Waals surface area contributed by atoms with E-state index in [-0.39, 0.29) is 0 Å². The van der Waals surface area contributed by atoms with E-state index in [0.29, 0.717) is 22.4 Å². The molecule has 0 aliphatic heterocycles. The van der Waals surface area contributed by atoms with Crippen LogP contribution in [0.25, 0.3) is 5.82 Å². The van der Waals surface area contributed by atoms with Gasteiger partial charge >= 0.3 is 0 Å². The summed E-state index contributed by atoms with van der Waals surface area (Å²) in [5.74, 6) is 6.60. The molecule has 0 saturated carbocycles. The van der Waals surface area contributed by atoms with Crippen molar-refractivity contribution < 1.29 is 4.39 Å². The first-order chi connectivity index (χ1) is 10.6. The van der Waals surface area contributed by atoms with Crippen molar-refractivity contribution in [2.45, 2.75) is 6.92 Å². The molecule has 0 N–H and O–H groups in total. The second-order valence-electron chi connectivity index (χ2n) is 4.62. The first-order valence-corrected chi connectivity index (χ1v) is 6.96. The Bertz CT molecular complexity index is 890. The summed E-state index contributed by atoms with van der Waals surface area (Å²) in [6.07, 6.45) is 1.73. The predicted molar refractivity (Wildman–Crippen MR) is 83.5 cm³/mol. The minimum absolute atomic E-state index is 0.473. The molecule has 0 bridgehead atoms. The van der Waals surface area contributed by atoms with Crippen LogP contribution in [0, 0.1) is 24.7 Å². The highest BCUT2D eigenvalue weighted by Crippen LogP contribution is 2.12. The first-order valence-electron chi connectivity index (χ1n) is 6.58. The lowest BCUT2D eigenvalue weighted by Gasteiger charge is -2.02. The van der Waals surface area contributed by atoms with Gasteiger partial charge in [-0.05, 0) is 43.2 Å². The second-order valence-corrected chi connectivity index (χ2v) is 5.06. The number of hydrogen-bond acceptors (Lipinski definition) is 2. The zero-order valence-electron chi connectivity index (χ0n) is 11.7. The lowest BCUT2D eigenvalue weighted by molar-refractivity contribution is 0.580. The smallest absolute Gasteiger partial charge is 0.214 e. The van der Waals surface area contributed by atoms with E-state index in [9.17, 15) is 4.39 Å². The largest absolute Gasteiger partial charge is 0.287 e. The number of pyridine rings is 1. The summed E-state index contributed by atoms with van der Waals surface area (Å²) in [6, 6.07) is 11.9. The van der Waals surface area contributed by atoms with Gasteiger partial charge in [0, 0.05) is 16.8 Å². The Balaban J connectivity index is 1.93. The van der Waals surface area contributed by atoms with Crippen molar-refractivity contribution >= 4 is 11.6 Å². The van der Waals surface area contributed by atoms with Crippen LogP contribution < -0.4 is 0 Å². The van der Waals surface area contributed by atoms with Gasteiger partial charge in [-0.2, -0.15) is 4.39 Å². The molecule has 0 amide bonds. The summed E-state index contributed by atoms with van der Waals surface area (Å²) in [4.78, 5) is 8.19. The van der Waals surface area contributed by atoms with Gasteiger partial charge in [0.15, 0.2) is 0 Å². The number of nitrogens with zero attached hydrogens (tertiary/aromatic N) is 3. The molecule has 3 nitrogen and oxygen atoms in total. The fourth-order valence-corrected chi connectivity index (χ4v) is 2.19. The van der Waals surface area contributed by atoms with Crippen molar-refractivity contribution in [2.75, 3.05) is 0 Å². The topological polar surface area (TPSA) is 30.7 Å². The lowest BCUT2D eigenvalue weighted by Crippen LogP contribution is -1.99. The predicted octanol–water partition coefficient (Wildman–Crippen LogP) is 3.77. The zero-order chi connectivity index (χ0) is 15.5.